The molecule has 2 N–H and O–H groups in total. The van der Waals surface area contributed by atoms with Crippen molar-refractivity contribution < 1.29 is 14.7 Å². The number of amides is 2. The quantitative estimate of drug-likeness (QED) is 0.865. The monoisotopic (exact) mass is 256 g/mol. The van der Waals surface area contributed by atoms with E-state index < -0.39 is 5.97 Å². The van der Waals surface area contributed by atoms with Crippen LogP contribution in [0.4, 0.5) is 10.5 Å². The molecule has 0 aromatic heterocycles. The molecular formula is C11H13ClN2O3. The molecule has 0 aliphatic rings. The van der Waals surface area contributed by atoms with Crippen LogP contribution in [0.3, 0.4) is 0 Å². The molecule has 92 valence electrons. The van der Waals surface area contributed by atoms with Crippen LogP contribution in [0.2, 0.25) is 5.02 Å². The maximum absolute atomic E-state index is 11.6. The Labute approximate surface area is 104 Å². The van der Waals surface area contributed by atoms with Crippen LogP contribution in [-0.2, 0) is 4.79 Å². The van der Waals surface area contributed by atoms with Crippen molar-refractivity contribution in [3.05, 3.63) is 29.3 Å². The summed E-state index contributed by atoms with van der Waals surface area (Å²) < 4.78 is 0. The van der Waals surface area contributed by atoms with Gasteiger partial charge in [-0.25, -0.2) is 4.79 Å². The van der Waals surface area contributed by atoms with Crippen molar-refractivity contribution >= 4 is 29.3 Å². The Bertz CT molecular complexity index is 406. The zero-order valence-corrected chi connectivity index (χ0v) is 10.1. The number of nitrogens with one attached hydrogen (secondary N) is 1. The van der Waals surface area contributed by atoms with Crippen molar-refractivity contribution in [2.24, 2.45) is 0 Å². The summed E-state index contributed by atoms with van der Waals surface area (Å²) in [6.07, 6.45) is -0.0970. The Hall–Kier alpha value is -1.75. The highest BCUT2D eigenvalue weighted by atomic mass is 35.5. The second-order valence-corrected chi connectivity index (χ2v) is 3.85. The number of carbonyl (C=O) groups is 2. The second-order valence-electron chi connectivity index (χ2n) is 3.41. The highest BCUT2D eigenvalue weighted by Gasteiger charge is 2.10. The minimum absolute atomic E-state index is 0.0970. The molecule has 0 aliphatic carbocycles. The van der Waals surface area contributed by atoms with Crippen LogP contribution in [0.15, 0.2) is 24.3 Å². The Morgan fingerprint density at radius 3 is 2.47 bits per heavy atom. The average Bonchev–Trinajstić information content (AvgIpc) is 2.28. The van der Waals surface area contributed by atoms with Crippen molar-refractivity contribution in [3.8, 4) is 0 Å². The van der Waals surface area contributed by atoms with Gasteiger partial charge in [-0.3, -0.25) is 9.69 Å². The van der Waals surface area contributed by atoms with Gasteiger partial charge in [-0.1, -0.05) is 11.6 Å². The summed E-state index contributed by atoms with van der Waals surface area (Å²) in [6.45, 7) is 0.103. The van der Waals surface area contributed by atoms with Crippen LogP contribution in [0.25, 0.3) is 0 Å². The van der Waals surface area contributed by atoms with Gasteiger partial charge in [0, 0.05) is 24.3 Å². The predicted molar refractivity (Wildman–Crippen MR) is 65.5 cm³/mol. The Balaban J connectivity index is 2.51. The van der Waals surface area contributed by atoms with E-state index in [9.17, 15) is 9.59 Å². The van der Waals surface area contributed by atoms with E-state index in [4.69, 9.17) is 16.7 Å². The first-order valence-electron chi connectivity index (χ1n) is 4.99. The van der Waals surface area contributed by atoms with E-state index in [1.165, 1.54) is 4.90 Å². The second kappa shape index (κ2) is 6.10. The van der Waals surface area contributed by atoms with Crippen LogP contribution < -0.4 is 10.2 Å². The third-order valence-corrected chi connectivity index (χ3v) is 2.39. The van der Waals surface area contributed by atoms with Crippen LogP contribution in [0.1, 0.15) is 6.42 Å². The van der Waals surface area contributed by atoms with Gasteiger partial charge in [0.25, 0.3) is 0 Å². The first-order chi connectivity index (χ1) is 8.00. The first-order valence-corrected chi connectivity index (χ1v) is 5.37. The molecule has 0 saturated heterocycles. The lowest BCUT2D eigenvalue weighted by atomic mass is 10.3. The molecule has 0 heterocycles. The molecule has 0 fully saturated rings. The molecule has 0 unspecified atom stereocenters. The van der Waals surface area contributed by atoms with Gasteiger partial charge < -0.3 is 10.4 Å². The average molecular weight is 257 g/mol. The van der Waals surface area contributed by atoms with Gasteiger partial charge in [0.05, 0.1) is 6.42 Å². The van der Waals surface area contributed by atoms with Gasteiger partial charge in [0.1, 0.15) is 0 Å². The van der Waals surface area contributed by atoms with Gasteiger partial charge in [0.15, 0.2) is 0 Å². The molecule has 0 aliphatic heterocycles. The summed E-state index contributed by atoms with van der Waals surface area (Å²) in [4.78, 5) is 23.3. The van der Waals surface area contributed by atoms with Crippen LogP contribution in [-0.4, -0.2) is 30.7 Å². The van der Waals surface area contributed by atoms with Gasteiger partial charge in [-0.2, -0.15) is 0 Å². The zero-order valence-electron chi connectivity index (χ0n) is 9.31. The third kappa shape index (κ3) is 4.32. The number of carbonyl (C=O) groups excluding carboxylic acids is 1. The van der Waals surface area contributed by atoms with Crippen molar-refractivity contribution in [3.63, 3.8) is 0 Å². The molecule has 1 aromatic carbocycles. The molecule has 1 rings (SSSR count). The summed E-state index contributed by atoms with van der Waals surface area (Å²) in [5, 5.41) is 11.5. The molecule has 17 heavy (non-hydrogen) atoms. The lowest BCUT2D eigenvalue weighted by molar-refractivity contribution is -0.136. The highest BCUT2D eigenvalue weighted by molar-refractivity contribution is 6.30. The van der Waals surface area contributed by atoms with Gasteiger partial charge in [-0.15, -0.1) is 0 Å². The maximum atomic E-state index is 11.6. The lowest BCUT2D eigenvalue weighted by Crippen LogP contribution is -2.38. The SMILES string of the molecule is CN(C(=O)NCCC(=O)O)c1ccc(Cl)cc1. The maximum Gasteiger partial charge on any atom is 0.321 e. The number of urea groups is 1. The molecule has 0 atom stereocenters. The molecule has 0 radical (unpaired) electrons. The Morgan fingerprint density at radius 2 is 1.94 bits per heavy atom. The number of halogens is 1. The van der Waals surface area contributed by atoms with Gasteiger partial charge in [0.2, 0.25) is 0 Å². The molecule has 0 spiro atoms. The largest absolute Gasteiger partial charge is 0.481 e. The fourth-order valence-electron chi connectivity index (χ4n) is 1.18. The van der Waals surface area contributed by atoms with E-state index in [2.05, 4.69) is 5.32 Å². The molecule has 0 saturated carbocycles. The third-order valence-electron chi connectivity index (χ3n) is 2.13. The molecule has 6 heteroatoms. The normalized spacial score (nSPS) is 9.76. The standard InChI is InChI=1S/C11H13ClN2O3/c1-14(9-4-2-8(12)3-5-9)11(17)13-7-6-10(15)16/h2-5H,6-7H2,1H3,(H,13,17)(H,15,16). The number of hydrogen-bond donors (Lipinski definition) is 2. The summed E-state index contributed by atoms with van der Waals surface area (Å²) in [7, 11) is 1.60. The number of rotatable bonds is 4. The van der Waals surface area contributed by atoms with Crippen LogP contribution in [0, 0.1) is 0 Å². The van der Waals surface area contributed by atoms with Gasteiger partial charge >= 0.3 is 12.0 Å². The van der Waals surface area contributed by atoms with E-state index >= 15 is 0 Å². The fraction of sp³-hybridized carbons (Fsp3) is 0.273. The molecular weight excluding hydrogens is 244 g/mol. The van der Waals surface area contributed by atoms with E-state index in [1.54, 1.807) is 31.3 Å². The zero-order chi connectivity index (χ0) is 12.8. The van der Waals surface area contributed by atoms with Crippen LogP contribution >= 0.6 is 11.6 Å². The molecule has 0 bridgehead atoms. The van der Waals surface area contributed by atoms with Gasteiger partial charge in [-0.05, 0) is 24.3 Å². The number of benzene rings is 1. The van der Waals surface area contributed by atoms with Crippen molar-refractivity contribution in [1.29, 1.82) is 0 Å². The fourth-order valence-corrected chi connectivity index (χ4v) is 1.30. The van der Waals surface area contributed by atoms with Crippen molar-refractivity contribution in [2.75, 3.05) is 18.5 Å². The van der Waals surface area contributed by atoms with Crippen LogP contribution in [0.5, 0.6) is 0 Å². The molecule has 5 nitrogen and oxygen atoms in total. The van der Waals surface area contributed by atoms with Crippen molar-refractivity contribution in [2.45, 2.75) is 6.42 Å². The first kappa shape index (κ1) is 13.3. The van der Waals surface area contributed by atoms with E-state index in [1.807, 2.05) is 0 Å². The lowest BCUT2D eigenvalue weighted by Gasteiger charge is -2.17. The molecule has 2 amide bonds. The predicted octanol–water partition coefficient (Wildman–Crippen LogP) is 1.96. The number of hydrogen-bond acceptors (Lipinski definition) is 2. The smallest absolute Gasteiger partial charge is 0.321 e. The number of anilines is 1. The Kier molecular flexibility index (Phi) is 4.78. The summed E-state index contributed by atoms with van der Waals surface area (Å²) in [6, 6.07) is 6.42. The van der Waals surface area contributed by atoms with E-state index in [0.717, 1.165) is 0 Å². The van der Waals surface area contributed by atoms with E-state index in [0.29, 0.717) is 10.7 Å². The minimum Gasteiger partial charge on any atom is -0.481 e. The summed E-state index contributed by atoms with van der Waals surface area (Å²) in [5.41, 5.74) is 0.683. The minimum atomic E-state index is -0.945. The number of aliphatic carboxylic acids is 1. The number of carboxylic acid groups (broad SMARTS) is 1. The highest BCUT2D eigenvalue weighted by Crippen LogP contribution is 2.16. The molecule has 1 aromatic rings. The topological polar surface area (TPSA) is 69.6 Å². The Morgan fingerprint density at radius 1 is 1.35 bits per heavy atom. The summed E-state index contributed by atoms with van der Waals surface area (Å²) >= 11 is 5.73. The van der Waals surface area contributed by atoms with E-state index in [-0.39, 0.29) is 19.0 Å². The number of carboxylic acids is 1. The number of nitrogens with zero attached hydrogens (tertiary/aromatic N) is 1. The van der Waals surface area contributed by atoms with Crippen molar-refractivity contribution in [1.82, 2.24) is 5.32 Å². The summed E-state index contributed by atoms with van der Waals surface area (Å²) in [5.74, 6) is -0.945.